The van der Waals surface area contributed by atoms with Crippen LogP contribution in [0, 0.1) is 0 Å². The molecule has 1 aliphatic carbocycles. The number of rotatable bonds is 8. The van der Waals surface area contributed by atoms with Gasteiger partial charge in [-0.2, -0.15) is 0 Å². The third-order valence-corrected chi connectivity index (χ3v) is 4.29. The van der Waals surface area contributed by atoms with Gasteiger partial charge in [-0.05, 0) is 37.0 Å². The Morgan fingerprint density at radius 1 is 1.08 bits per heavy atom. The van der Waals surface area contributed by atoms with Gasteiger partial charge in [-0.15, -0.1) is 0 Å². The molecule has 0 heterocycles. The van der Waals surface area contributed by atoms with Gasteiger partial charge < -0.3 is 14.8 Å². The molecule has 0 bridgehead atoms. The van der Waals surface area contributed by atoms with E-state index in [2.05, 4.69) is 5.32 Å². The summed E-state index contributed by atoms with van der Waals surface area (Å²) in [6, 6.07) is 16.9. The van der Waals surface area contributed by atoms with Gasteiger partial charge in [-0.3, -0.25) is 9.59 Å². The molecule has 2 aromatic rings. The second-order valence-electron chi connectivity index (χ2n) is 6.41. The van der Waals surface area contributed by atoms with Gasteiger partial charge in [-0.25, -0.2) is 0 Å². The molecule has 1 saturated carbocycles. The van der Waals surface area contributed by atoms with Crippen LogP contribution in [0.5, 0.6) is 5.75 Å². The Morgan fingerprint density at radius 2 is 1.77 bits per heavy atom. The van der Waals surface area contributed by atoms with Crippen LogP contribution in [0.15, 0.2) is 54.6 Å². The molecule has 1 aliphatic rings. The molecule has 26 heavy (non-hydrogen) atoms. The first-order chi connectivity index (χ1) is 12.7. The summed E-state index contributed by atoms with van der Waals surface area (Å²) < 4.78 is 10.6. The van der Waals surface area contributed by atoms with Crippen molar-refractivity contribution in [3.8, 4) is 5.75 Å². The summed E-state index contributed by atoms with van der Waals surface area (Å²) in [7, 11) is 1.61. The highest BCUT2D eigenvalue weighted by Crippen LogP contribution is 2.23. The second-order valence-corrected chi connectivity index (χ2v) is 6.41. The molecule has 5 heteroatoms. The van der Waals surface area contributed by atoms with Crippen LogP contribution in [-0.4, -0.2) is 25.0 Å². The fraction of sp³-hybridized carbons (Fsp3) is 0.333. The summed E-state index contributed by atoms with van der Waals surface area (Å²) in [5, 5.41) is 2.91. The SMILES string of the molecule is COc1ccc(CCC(=O)OC(C(=O)NC2CC2)c2ccccc2)cc1. The largest absolute Gasteiger partial charge is 0.497 e. The van der Waals surface area contributed by atoms with Crippen molar-refractivity contribution in [2.75, 3.05) is 7.11 Å². The average molecular weight is 353 g/mol. The van der Waals surface area contributed by atoms with Gasteiger partial charge in [0.2, 0.25) is 6.10 Å². The van der Waals surface area contributed by atoms with Crippen LogP contribution >= 0.6 is 0 Å². The lowest BCUT2D eigenvalue weighted by Gasteiger charge is -2.18. The molecule has 1 amide bonds. The third-order valence-electron chi connectivity index (χ3n) is 4.29. The molecule has 5 nitrogen and oxygen atoms in total. The molecule has 1 N–H and O–H groups in total. The number of methoxy groups -OCH3 is 1. The minimum atomic E-state index is -0.903. The Kier molecular flexibility index (Phi) is 5.89. The second kappa shape index (κ2) is 8.52. The lowest BCUT2D eigenvalue weighted by atomic mass is 10.1. The topological polar surface area (TPSA) is 64.6 Å². The van der Waals surface area contributed by atoms with E-state index in [0.29, 0.717) is 12.0 Å². The Labute approximate surface area is 153 Å². The predicted molar refractivity (Wildman–Crippen MR) is 97.8 cm³/mol. The Morgan fingerprint density at radius 3 is 2.38 bits per heavy atom. The zero-order valence-electron chi connectivity index (χ0n) is 14.8. The normalized spacial score (nSPS) is 14.3. The van der Waals surface area contributed by atoms with E-state index in [4.69, 9.17) is 9.47 Å². The molecule has 0 aromatic heterocycles. The Balaban J connectivity index is 1.59. The van der Waals surface area contributed by atoms with Crippen LogP contribution in [0.25, 0.3) is 0 Å². The van der Waals surface area contributed by atoms with Gasteiger partial charge in [0.25, 0.3) is 5.91 Å². The number of carbonyl (C=O) groups is 2. The number of hydrogen-bond donors (Lipinski definition) is 1. The first kappa shape index (κ1) is 18.0. The van der Waals surface area contributed by atoms with Gasteiger partial charge in [0, 0.05) is 18.0 Å². The quantitative estimate of drug-likeness (QED) is 0.740. The minimum Gasteiger partial charge on any atom is -0.497 e. The van der Waals surface area contributed by atoms with E-state index in [1.54, 1.807) is 19.2 Å². The molecule has 1 atom stereocenters. The number of benzene rings is 2. The van der Waals surface area contributed by atoms with Crippen LogP contribution in [0.1, 0.15) is 36.5 Å². The van der Waals surface area contributed by atoms with Gasteiger partial charge in [0.05, 0.1) is 7.11 Å². The molecule has 0 saturated heterocycles. The van der Waals surface area contributed by atoms with Gasteiger partial charge >= 0.3 is 5.97 Å². The Bertz CT molecular complexity index is 738. The van der Waals surface area contributed by atoms with Crippen LogP contribution in [0.2, 0.25) is 0 Å². The summed E-state index contributed by atoms with van der Waals surface area (Å²) in [5.74, 6) is 0.134. The van der Waals surface area contributed by atoms with Crippen molar-refractivity contribution >= 4 is 11.9 Å². The fourth-order valence-electron chi connectivity index (χ4n) is 2.63. The number of carbonyl (C=O) groups excluding carboxylic acids is 2. The van der Waals surface area contributed by atoms with Crippen molar-refractivity contribution in [1.82, 2.24) is 5.32 Å². The highest BCUT2D eigenvalue weighted by molar-refractivity contribution is 5.85. The summed E-state index contributed by atoms with van der Waals surface area (Å²) in [4.78, 5) is 24.8. The molecule has 0 radical (unpaired) electrons. The zero-order valence-corrected chi connectivity index (χ0v) is 14.8. The number of ether oxygens (including phenoxy) is 2. The number of aryl methyl sites for hydroxylation is 1. The highest BCUT2D eigenvalue weighted by Gasteiger charge is 2.30. The zero-order chi connectivity index (χ0) is 18.4. The molecule has 0 aliphatic heterocycles. The first-order valence-electron chi connectivity index (χ1n) is 8.83. The smallest absolute Gasteiger partial charge is 0.307 e. The third kappa shape index (κ3) is 5.09. The van der Waals surface area contributed by atoms with Crippen molar-refractivity contribution in [2.24, 2.45) is 0 Å². The number of esters is 1. The van der Waals surface area contributed by atoms with Crippen molar-refractivity contribution in [1.29, 1.82) is 0 Å². The van der Waals surface area contributed by atoms with Gasteiger partial charge in [0.15, 0.2) is 0 Å². The van der Waals surface area contributed by atoms with Crippen LogP contribution in [0.3, 0.4) is 0 Å². The monoisotopic (exact) mass is 353 g/mol. The molecular formula is C21H23NO4. The van der Waals surface area contributed by atoms with E-state index < -0.39 is 6.10 Å². The standard InChI is InChI=1S/C21H23NO4/c1-25-18-12-7-15(8-13-18)9-14-19(23)26-20(16-5-3-2-4-6-16)21(24)22-17-10-11-17/h2-8,12-13,17,20H,9-11,14H2,1H3,(H,22,24). The van der Waals surface area contributed by atoms with Gasteiger partial charge in [-0.1, -0.05) is 42.5 Å². The minimum absolute atomic E-state index is 0.215. The highest BCUT2D eigenvalue weighted by atomic mass is 16.5. The van der Waals surface area contributed by atoms with E-state index >= 15 is 0 Å². The Hall–Kier alpha value is -2.82. The summed E-state index contributed by atoms with van der Waals surface area (Å²) in [6.07, 6.45) is 1.83. The molecular weight excluding hydrogens is 330 g/mol. The first-order valence-corrected chi connectivity index (χ1v) is 8.83. The maximum Gasteiger partial charge on any atom is 0.307 e. The molecule has 1 fully saturated rings. The van der Waals surface area contributed by atoms with Crippen LogP contribution < -0.4 is 10.1 Å². The molecule has 0 spiro atoms. The van der Waals surface area contributed by atoms with Gasteiger partial charge in [0.1, 0.15) is 5.75 Å². The summed E-state index contributed by atoms with van der Waals surface area (Å²) in [5.41, 5.74) is 1.70. The lowest BCUT2D eigenvalue weighted by Crippen LogP contribution is -2.33. The van der Waals surface area contributed by atoms with E-state index in [1.807, 2.05) is 42.5 Å². The fourth-order valence-corrected chi connectivity index (χ4v) is 2.63. The maximum absolute atomic E-state index is 12.5. The van der Waals surface area contributed by atoms with Crippen molar-refractivity contribution < 1.29 is 19.1 Å². The van der Waals surface area contributed by atoms with E-state index in [0.717, 1.165) is 24.2 Å². The molecule has 1 unspecified atom stereocenters. The van der Waals surface area contributed by atoms with Crippen LogP contribution in [0.4, 0.5) is 0 Å². The van der Waals surface area contributed by atoms with Crippen molar-refractivity contribution in [2.45, 2.75) is 37.8 Å². The lowest BCUT2D eigenvalue weighted by molar-refractivity contribution is -0.156. The number of nitrogens with one attached hydrogen (secondary N) is 1. The average Bonchev–Trinajstić information content (AvgIpc) is 3.49. The van der Waals surface area contributed by atoms with Crippen molar-refractivity contribution in [3.05, 3.63) is 65.7 Å². The number of hydrogen-bond acceptors (Lipinski definition) is 4. The van der Waals surface area contributed by atoms with E-state index in [9.17, 15) is 9.59 Å². The van der Waals surface area contributed by atoms with Crippen LogP contribution in [-0.2, 0) is 20.7 Å². The predicted octanol–water partition coefficient (Wildman–Crippen LogP) is 3.19. The summed E-state index contributed by atoms with van der Waals surface area (Å²) >= 11 is 0. The van der Waals surface area contributed by atoms with E-state index in [-0.39, 0.29) is 24.3 Å². The molecule has 136 valence electrons. The summed E-state index contributed by atoms with van der Waals surface area (Å²) in [6.45, 7) is 0. The molecule has 3 rings (SSSR count). The number of amides is 1. The van der Waals surface area contributed by atoms with Crippen molar-refractivity contribution in [3.63, 3.8) is 0 Å². The van der Waals surface area contributed by atoms with E-state index in [1.165, 1.54) is 0 Å². The molecule has 2 aromatic carbocycles. The maximum atomic E-state index is 12.5.